The van der Waals surface area contributed by atoms with Crippen molar-refractivity contribution in [2.45, 2.75) is 6.54 Å². The highest BCUT2D eigenvalue weighted by Crippen LogP contribution is 2.30. The molecule has 0 aliphatic carbocycles. The maximum atomic E-state index is 5.84. The number of anilines is 1. The minimum absolute atomic E-state index is 0.476. The first-order chi connectivity index (χ1) is 11.8. The number of benzene rings is 2. The van der Waals surface area contributed by atoms with Crippen LogP contribution in [0.5, 0.6) is 17.4 Å². The Labute approximate surface area is 141 Å². The summed E-state index contributed by atoms with van der Waals surface area (Å²) >= 11 is 0. The Balaban J connectivity index is 1.76. The molecule has 5 heteroatoms. The van der Waals surface area contributed by atoms with Crippen molar-refractivity contribution < 1.29 is 9.47 Å². The second-order valence-corrected chi connectivity index (χ2v) is 5.31. The van der Waals surface area contributed by atoms with Gasteiger partial charge in [0.25, 0.3) is 0 Å². The Morgan fingerprint density at radius 3 is 2.38 bits per heavy atom. The van der Waals surface area contributed by atoms with Crippen molar-refractivity contribution in [2.24, 2.45) is 0 Å². The van der Waals surface area contributed by atoms with E-state index in [9.17, 15) is 0 Å². The predicted molar refractivity (Wildman–Crippen MR) is 93.6 cm³/mol. The van der Waals surface area contributed by atoms with E-state index in [2.05, 4.69) is 22.1 Å². The normalized spacial score (nSPS) is 10.2. The van der Waals surface area contributed by atoms with Gasteiger partial charge in [0.05, 0.1) is 7.11 Å². The van der Waals surface area contributed by atoms with Gasteiger partial charge in [-0.05, 0) is 17.7 Å². The maximum Gasteiger partial charge on any atom is 0.224 e. The molecule has 5 nitrogen and oxygen atoms in total. The number of ether oxygens (including phenoxy) is 2. The lowest BCUT2D eigenvalue weighted by molar-refractivity contribution is 0.374. The van der Waals surface area contributed by atoms with Gasteiger partial charge in [-0.1, -0.05) is 42.5 Å². The molecular formula is C19H19N3O2. The van der Waals surface area contributed by atoms with Gasteiger partial charge in [0.2, 0.25) is 5.88 Å². The number of rotatable bonds is 6. The summed E-state index contributed by atoms with van der Waals surface area (Å²) in [6.07, 6.45) is 1.50. The minimum Gasteiger partial charge on any atom is -0.493 e. The first-order valence-electron chi connectivity index (χ1n) is 7.64. The van der Waals surface area contributed by atoms with Gasteiger partial charge < -0.3 is 14.4 Å². The predicted octanol–water partition coefficient (Wildman–Crippen LogP) is 3.91. The Morgan fingerprint density at radius 2 is 1.62 bits per heavy atom. The van der Waals surface area contributed by atoms with E-state index in [1.165, 1.54) is 11.9 Å². The van der Waals surface area contributed by atoms with Crippen LogP contribution in [0.15, 0.2) is 67.0 Å². The second kappa shape index (κ2) is 7.46. The molecule has 1 aromatic heterocycles. The smallest absolute Gasteiger partial charge is 0.224 e. The summed E-state index contributed by atoms with van der Waals surface area (Å²) in [6.45, 7) is 0.756. The number of aromatic nitrogens is 2. The van der Waals surface area contributed by atoms with Gasteiger partial charge in [0.15, 0.2) is 11.5 Å². The fourth-order valence-electron chi connectivity index (χ4n) is 2.35. The molecule has 0 saturated heterocycles. The van der Waals surface area contributed by atoms with Crippen LogP contribution in [0, 0.1) is 0 Å². The quantitative estimate of drug-likeness (QED) is 0.689. The molecule has 0 aliphatic heterocycles. The van der Waals surface area contributed by atoms with E-state index in [1.807, 2.05) is 60.5 Å². The molecule has 0 atom stereocenters. The van der Waals surface area contributed by atoms with Crippen molar-refractivity contribution in [1.29, 1.82) is 0 Å². The van der Waals surface area contributed by atoms with Gasteiger partial charge in [-0.3, -0.25) is 0 Å². The summed E-state index contributed by atoms with van der Waals surface area (Å²) in [7, 11) is 3.60. The number of hydrogen-bond acceptors (Lipinski definition) is 5. The van der Waals surface area contributed by atoms with Crippen LogP contribution in [0.25, 0.3) is 0 Å². The zero-order valence-corrected chi connectivity index (χ0v) is 13.7. The molecule has 24 heavy (non-hydrogen) atoms. The van der Waals surface area contributed by atoms with Crippen LogP contribution in [0.1, 0.15) is 5.56 Å². The third kappa shape index (κ3) is 3.81. The molecule has 0 unspecified atom stereocenters. The summed E-state index contributed by atoms with van der Waals surface area (Å²) in [5.41, 5.74) is 1.21. The van der Waals surface area contributed by atoms with E-state index in [-0.39, 0.29) is 0 Å². The molecule has 1 heterocycles. The molecule has 3 aromatic rings. The SMILES string of the molecule is COc1ccccc1Oc1cc(N(C)Cc2ccccc2)ncn1. The average molecular weight is 321 g/mol. The number of methoxy groups -OCH3 is 1. The number of nitrogens with zero attached hydrogens (tertiary/aromatic N) is 3. The average Bonchev–Trinajstić information content (AvgIpc) is 2.63. The second-order valence-electron chi connectivity index (χ2n) is 5.31. The third-order valence-electron chi connectivity index (χ3n) is 3.56. The zero-order valence-electron chi connectivity index (χ0n) is 13.7. The molecule has 2 aromatic carbocycles. The van der Waals surface area contributed by atoms with Crippen LogP contribution < -0.4 is 14.4 Å². The van der Waals surface area contributed by atoms with Crippen LogP contribution >= 0.6 is 0 Å². The van der Waals surface area contributed by atoms with Gasteiger partial charge >= 0.3 is 0 Å². The Hall–Kier alpha value is -3.08. The molecule has 0 fully saturated rings. The lowest BCUT2D eigenvalue weighted by Gasteiger charge is -2.18. The topological polar surface area (TPSA) is 47.5 Å². The van der Waals surface area contributed by atoms with Crippen molar-refractivity contribution in [1.82, 2.24) is 9.97 Å². The molecule has 0 spiro atoms. The molecule has 0 N–H and O–H groups in total. The zero-order chi connectivity index (χ0) is 16.8. The van der Waals surface area contributed by atoms with Crippen molar-refractivity contribution in [3.63, 3.8) is 0 Å². The summed E-state index contributed by atoms with van der Waals surface area (Å²) in [6, 6.07) is 19.5. The summed E-state index contributed by atoms with van der Waals surface area (Å²) in [5.74, 6) is 2.55. The Bertz CT molecular complexity index is 793. The largest absolute Gasteiger partial charge is 0.493 e. The van der Waals surface area contributed by atoms with Crippen LogP contribution in [-0.2, 0) is 6.54 Å². The first kappa shape index (κ1) is 15.8. The van der Waals surface area contributed by atoms with Crippen LogP contribution in [-0.4, -0.2) is 24.1 Å². The van der Waals surface area contributed by atoms with Crippen molar-refractivity contribution >= 4 is 5.82 Å². The molecule has 3 rings (SSSR count). The van der Waals surface area contributed by atoms with E-state index in [1.54, 1.807) is 7.11 Å². The summed E-state index contributed by atoms with van der Waals surface area (Å²) in [5, 5.41) is 0. The fraction of sp³-hybridized carbons (Fsp3) is 0.158. The van der Waals surface area contributed by atoms with Crippen molar-refractivity contribution in [3.8, 4) is 17.4 Å². The monoisotopic (exact) mass is 321 g/mol. The van der Waals surface area contributed by atoms with Crippen LogP contribution in [0.3, 0.4) is 0 Å². The van der Waals surface area contributed by atoms with Gasteiger partial charge in [-0.2, -0.15) is 0 Å². The van der Waals surface area contributed by atoms with Crippen molar-refractivity contribution in [3.05, 3.63) is 72.6 Å². The summed E-state index contributed by atoms with van der Waals surface area (Å²) < 4.78 is 11.1. The van der Waals surface area contributed by atoms with Crippen LogP contribution in [0.4, 0.5) is 5.82 Å². The lowest BCUT2D eigenvalue weighted by Crippen LogP contribution is -2.17. The first-order valence-corrected chi connectivity index (χ1v) is 7.64. The molecule has 0 amide bonds. The molecule has 0 bridgehead atoms. The van der Waals surface area contributed by atoms with E-state index in [0.717, 1.165) is 12.4 Å². The highest BCUT2D eigenvalue weighted by atomic mass is 16.5. The van der Waals surface area contributed by atoms with E-state index < -0.39 is 0 Å². The lowest BCUT2D eigenvalue weighted by atomic mass is 10.2. The van der Waals surface area contributed by atoms with Crippen molar-refractivity contribution in [2.75, 3.05) is 19.1 Å². The Morgan fingerprint density at radius 1 is 0.917 bits per heavy atom. The van der Waals surface area contributed by atoms with Gasteiger partial charge in [-0.15, -0.1) is 0 Å². The molecule has 0 aliphatic rings. The molecule has 0 radical (unpaired) electrons. The van der Waals surface area contributed by atoms with Gasteiger partial charge in [0.1, 0.15) is 12.1 Å². The van der Waals surface area contributed by atoms with Gasteiger partial charge in [-0.25, -0.2) is 9.97 Å². The number of hydrogen-bond donors (Lipinski definition) is 0. The van der Waals surface area contributed by atoms with Crippen LogP contribution in [0.2, 0.25) is 0 Å². The van der Waals surface area contributed by atoms with E-state index >= 15 is 0 Å². The molecular weight excluding hydrogens is 302 g/mol. The molecule has 122 valence electrons. The number of para-hydroxylation sites is 2. The van der Waals surface area contributed by atoms with E-state index in [0.29, 0.717) is 17.4 Å². The Kier molecular flexibility index (Phi) is 4.91. The van der Waals surface area contributed by atoms with E-state index in [4.69, 9.17) is 9.47 Å². The fourth-order valence-corrected chi connectivity index (χ4v) is 2.35. The minimum atomic E-state index is 0.476. The standard InChI is InChI=1S/C19H19N3O2/c1-22(13-15-8-4-3-5-9-15)18-12-19(21-14-20-18)24-17-11-7-6-10-16(17)23-2/h3-12,14H,13H2,1-2H3. The summed E-state index contributed by atoms with van der Waals surface area (Å²) in [4.78, 5) is 10.6. The maximum absolute atomic E-state index is 5.84. The highest BCUT2D eigenvalue weighted by Gasteiger charge is 2.09. The van der Waals surface area contributed by atoms with Gasteiger partial charge in [0, 0.05) is 19.7 Å². The third-order valence-corrected chi connectivity index (χ3v) is 3.56. The highest BCUT2D eigenvalue weighted by molar-refractivity contribution is 5.45. The molecule has 0 saturated carbocycles.